The summed E-state index contributed by atoms with van der Waals surface area (Å²) in [4.78, 5) is 39.2. The molecule has 0 unspecified atom stereocenters. The van der Waals surface area contributed by atoms with Crippen LogP contribution in [0.4, 0.5) is 4.79 Å². The van der Waals surface area contributed by atoms with Crippen molar-refractivity contribution in [2.45, 2.75) is 39.2 Å². The number of azide groups is 1. The van der Waals surface area contributed by atoms with Gasteiger partial charge in [0.2, 0.25) is 5.91 Å². The van der Waals surface area contributed by atoms with Crippen LogP contribution in [0.5, 0.6) is 0 Å². The predicted molar refractivity (Wildman–Crippen MR) is 168 cm³/mol. The van der Waals surface area contributed by atoms with E-state index in [1.165, 1.54) is 0 Å². The van der Waals surface area contributed by atoms with Crippen LogP contribution in [0.15, 0.2) is 5.11 Å². The number of carbonyl (C=O) groups is 3. The Bertz CT molecular complexity index is 818. The fourth-order valence-electron chi connectivity index (χ4n) is 3.28. The molecule has 0 aromatic carbocycles. The van der Waals surface area contributed by atoms with Gasteiger partial charge in [0.1, 0.15) is 5.60 Å². The second kappa shape index (κ2) is 31.8. The van der Waals surface area contributed by atoms with Crippen LogP contribution in [0.1, 0.15) is 33.6 Å². The van der Waals surface area contributed by atoms with E-state index >= 15 is 0 Å². The molecule has 0 saturated carbocycles. The van der Waals surface area contributed by atoms with Crippen LogP contribution in [0, 0.1) is 0 Å². The number of rotatable bonds is 33. The molecular weight excluding hydrogens is 626 g/mol. The molecule has 0 aliphatic heterocycles. The molecule has 0 atom stereocenters. The van der Waals surface area contributed by atoms with Crippen LogP contribution in [0.2, 0.25) is 0 Å². The lowest BCUT2D eigenvalue weighted by atomic mass is 10.2. The topological polar surface area (TPSA) is 219 Å². The summed E-state index contributed by atoms with van der Waals surface area (Å²) in [7, 11) is 0. The van der Waals surface area contributed by atoms with Gasteiger partial charge in [0.05, 0.1) is 119 Å². The molecule has 0 spiro atoms. The van der Waals surface area contributed by atoms with Crippen LogP contribution in [-0.4, -0.2) is 165 Å². The maximum atomic E-state index is 12.9. The first-order valence-electron chi connectivity index (χ1n) is 15.7. The van der Waals surface area contributed by atoms with Gasteiger partial charge in [0, 0.05) is 31.1 Å². The molecule has 0 rings (SSSR count). The van der Waals surface area contributed by atoms with Gasteiger partial charge in [0.25, 0.3) is 0 Å². The van der Waals surface area contributed by atoms with Crippen molar-refractivity contribution in [3.63, 3.8) is 0 Å². The van der Waals surface area contributed by atoms with Gasteiger partial charge in [-0.2, -0.15) is 0 Å². The van der Waals surface area contributed by atoms with E-state index in [0.717, 1.165) is 0 Å². The number of nitrogens with zero attached hydrogens (tertiary/aromatic N) is 4. The molecular formula is C29H55N5O13. The van der Waals surface area contributed by atoms with Gasteiger partial charge in [-0.3, -0.25) is 9.59 Å². The van der Waals surface area contributed by atoms with Gasteiger partial charge in [-0.1, -0.05) is 5.11 Å². The van der Waals surface area contributed by atoms with Gasteiger partial charge in [0.15, 0.2) is 0 Å². The van der Waals surface area contributed by atoms with Crippen LogP contribution < -0.4 is 5.32 Å². The summed E-state index contributed by atoms with van der Waals surface area (Å²) in [5.41, 5.74) is 7.65. The maximum Gasteiger partial charge on any atom is 0.407 e. The minimum atomic E-state index is -0.911. The molecule has 0 heterocycles. The average molecular weight is 682 g/mol. The van der Waals surface area contributed by atoms with Gasteiger partial charge < -0.3 is 58.0 Å². The first-order valence-corrected chi connectivity index (χ1v) is 15.7. The molecule has 0 aromatic heterocycles. The number of aliphatic carboxylic acids is 1. The van der Waals surface area contributed by atoms with Crippen molar-refractivity contribution in [3.05, 3.63) is 10.4 Å². The third-order valence-corrected chi connectivity index (χ3v) is 5.46. The number of alkyl carbamates (subject to hydrolysis) is 1. The van der Waals surface area contributed by atoms with Gasteiger partial charge in [-0.05, 0) is 26.3 Å². The van der Waals surface area contributed by atoms with Crippen LogP contribution in [-0.2, 0) is 52.2 Å². The monoisotopic (exact) mass is 681 g/mol. The molecule has 18 heteroatoms. The number of carboxylic acids is 1. The van der Waals surface area contributed by atoms with E-state index in [4.69, 9.17) is 53.3 Å². The van der Waals surface area contributed by atoms with E-state index in [1.807, 2.05) is 0 Å². The minimum Gasteiger partial charge on any atom is -0.481 e. The van der Waals surface area contributed by atoms with Crippen LogP contribution in [0.3, 0.4) is 0 Å². The Morgan fingerprint density at radius 2 is 1.09 bits per heavy atom. The molecule has 18 nitrogen and oxygen atoms in total. The molecule has 274 valence electrons. The third-order valence-electron chi connectivity index (χ3n) is 5.46. The number of carboxylic acid groups (broad SMARTS) is 1. The zero-order valence-electron chi connectivity index (χ0n) is 28.2. The summed E-state index contributed by atoms with van der Waals surface area (Å²) in [6, 6.07) is 0. The van der Waals surface area contributed by atoms with Crippen molar-refractivity contribution in [1.29, 1.82) is 0 Å². The molecule has 0 bridgehead atoms. The van der Waals surface area contributed by atoms with E-state index in [1.54, 1.807) is 25.7 Å². The summed E-state index contributed by atoms with van der Waals surface area (Å²) in [6.07, 6.45) is -0.378. The second-order valence-corrected chi connectivity index (χ2v) is 10.6. The van der Waals surface area contributed by atoms with Crippen LogP contribution >= 0.6 is 0 Å². The van der Waals surface area contributed by atoms with Gasteiger partial charge in [-0.25, -0.2) is 4.79 Å². The largest absolute Gasteiger partial charge is 0.481 e. The highest BCUT2D eigenvalue weighted by atomic mass is 16.6. The SMILES string of the molecule is CC(C)(C)OC(=O)NCCOCCOCCC(=O)N(CCOCCOCCOCCN=[N+]=[N-])CCOCCOCCOCCC(=O)O. The Kier molecular flexibility index (Phi) is 29.9. The molecule has 0 saturated heterocycles. The highest BCUT2D eigenvalue weighted by molar-refractivity contribution is 5.76. The maximum absolute atomic E-state index is 12.9. The smallest absolute Gasteiger partial charge is 0.407 e. The van der Waals surface area contributed by atoms with Crippen molar-refractivity contribution >= 4 is 18.0 Å². The van der Waals surface area contributed by atoms with Crippen molar-refractivity contribution in [2.24, 2.45) is 5.11 Å². The number of hydrogen-bond donors (Lipinski definition) is 2. The highest BCUT2D eigenvalue weighted by Crippen LogP contribution is 2.06. The fourth-order valence-corrected chi connectivity index (χ4v) is 3.28. The summed E-state index contributed by atoms with van der Waals surface area (Å²) in [6.45, 7) is 11.7. The molecule has 0 fully saturated rings. The lowest BCUT2D eigenvalue weighted by Crippen LogP contribution is -2.37. The molecule has 0 aliphatic rings. The second-order valence-electron chi connectivity index (χ2n) is 10.6. The third kappa shape index (κ3) is 34.4. The Balaban J connectivity index is 4.18. The highest BCUT2D eigenvalue weighted by Gasteiger charge is 2.16. The Labute approximate surface area is 277 Å². The van der Waals surface area contributed by atoms with Gasteiger partial charge in [-0.15, -0.1) is 0 Å². The van der Waals surface area contributed by atoms with Crippen molar-refractivity contribution in [1.82, 2.24) is 10.2 Å². The van der Waals surface area contributed by atoms with Crippen molar-refractivity contribution < 1.29 is 62.1 Å². The minimum absolute atomic E-state index is 0.0496. The average Bonchev–Trinajstić information content (AvgIpc) is 3.01. The summed E-state index contributed by atoms with van der Waals surface area (Å²) in [5.74, 6) is -1.02. The fraction of sp³-hybridized carbons (Fsp3) is 0.897. The molecule has 0 radical (unpaired) electrons. The van der Waals surface area contributed by atoms with Gasteiger partial charge >= 0.3 is 12.1 Å². The molecule has 2 N–H and O–H groups in total. The molecule has 47 heavy (non-hydrogen) atoms. The quantitative estimate of drug-likeness (QED) is 0.0436. The standard InChI is InChI=1S/C29H55N5O13/c1-29(2,3)47-28(38)31-6-12-41-18-16-39-10-4-26(35)34(8-14-43-20-24-45-22-17-40-11-5-27(36)37)9-15-44-21-25-46-23-19-42-13-7-32-33-30/h4-25H2,1-3H3,(H,31,38)(H,36,37). The zero-order valence-corrected chi connectivity index (χ0v) is 28.2. The van der Waals surface area contributed by atoms with E-state index in [9.17, 15) is 14.4 Å². The Hall–Kier alpha value is -2.80. The first kappa shape index (κ1) is 44.2. The first-order chi connectivity index (χ1) is 22.7. The van der Waals surface area contributed by atoms with Crippen molar-refractivity contribution in [3.8, 4) is 0 Å². The predicted octanol–water partition coefficient (Wildman–Crippen LogP) is 1.65. The normalized spacial score (nSPS) is 11.2. The van der Waals surface area contributed by atoms with Crippen molar-refractivity contribution in [2.75, 3.05) is 132 Å². The Morgan fingerprint density at radius 3 is 1.55 bits per heavy atom. The zero-order chi connectivity index (χ0) is 34.9. The number of nitrogens with one attached hydrogen (secondary N) is 1. The van der Waals surface area contributed by atoms with E-state index < -0.39 is 17.7 Å². The lowest BCUT2D eigenvalue weighted by molar-refractivity contribution is -0.138. The summed E-state index contributed by atoms with van der Waals surface area (Å²) in [5, 5.41) is 14.6. The van der Waals surface area contributed by atoms with E-state index in [-0.39, 0.29) is 38.5 Å². The molecule has 0 aromatic rings. The molecule has 0 aliphatic carbocycles. The number of amides is 2. The van der Waals surface area contributed by atoms with E-state index in [0.29, 0.717) is 112 Å². The number of carbonyl (C=O) groups excluding carboxylic acids is 2. The molecule has 2 amide bonds. The number of ether oxygens (including phenoxy) is 9. The van der Waals surface area contributed by atoms with Crippen LogP contribution in [0.25, 0.3) is 10.4 Å². The lowest BCUT2D eigenvalue weighted by Gasteiger charge is -2.23. The Morgan fingerprint density at radius 1 is 0.660 bits per heavy atom. The number of hydrogen-bond acceptors (Lipinski definition) is 13. The summed E-state index contributed by atoms with van der Waals surface area (Å²) >= 11 is 0. The summed E-state index contributed by atoms with van der Waals surface area (Å²) < 4.78 is 48.5. The van der Waals surface area contributed by atoms with E-state index in [2.05, 4.69) is 15.3 Å².